The Morgan fingerprint density at radius 2 is 2.27 bits per heavy atom. The van der Waals surface area contributed by atoms with Gasteiger partial charge in [0.2, 0.25) is 5.89 Å². The molecule has 1 aliphatic carbocycles. The normalized spacial score (nSPS) is 21.3. The summed E-state index contributed by atoms with van der Waals surface area (Å²) in [4.78, 5) is 22.8. The van der Waals surface area contributed by atoms with E-state index in [1.54, 1.807) is 18.5 Å². The summed E-state index contributed by atoms with van der Waals surface area (Å²) in [5, 5.41) is 4.07. The summed E-state index contributed by atoms with van der Waals surface area (Å²) in [6.45, 7) is 1.53. The number of aromatic nitrogens is 3. The molecule has 3 heterocycles. The molecule has 2 aromatic heterocycles. The van der Waals surface area contributed by atoms with Crippen molar-refractivity contribution in [1.29, 1.82) is 0 Å². The van der Waals surface area contributed by atoms with Gasteiger partial charge in [-0.2, -0.15) is 4.98 Å². The summed E-state index contributed by atoms with van der Waals surface area (Å²) in [5.74, 6) is 2.53. The summed E-state index contributed by atoms with van der Waals surface area (Å²) < 4.78 is 5.29. The second kappa shape index (κ2) is 5.51. The van der Waals surface area contributed by atoms with Crippen molar-refractivity contribution in [2.24, 2.45) is 5.92 Å². The molecule has 0 radical (unpaired) electrons. The molecule has 2 aliphatic rings. The molecule has 1 amide bonds. The van der Waals surface area contributed by atoms with E-state index in [4.69, 9.17) is 4.52 Å². The van der Waals surface area contributed by atoms with Gasteiger partial charge in [-0.3, -0.25) is 9.78 Å². The number of hydrogen-bond acceptors (Lipinski definition) is 5. The molecule has 0 unspecified atom stereocenters. The van der Waals surface area contributed by atoms with E-state index in [1.807, 2.05) is 11.0 Å². The van der Waals surface area contributed by atoms with Crippen molar-refractivity contribution in [3.8, 4) is 0 Å². The first-order valence-corrected chi connectivity index (χ1v) is 7.81. The molecule has 0 bridgehead atoms. The van der Waals surface area contributed by atoms with Gasteiger partial charge in [0, 0.05) is 37.8 Å². The monoisotopic (exact) mass is 298 g/mol. The van der Waals surface area contributed by atoms with Crippen molar-refractivity contribution in [2.75, 3.05) is 13.1 Å². The highest BCUT2D eigenvalue weighted by molar-refractivity contribution is 5.94. The fourth-order valence-corrected chi connectivity index (χ4v) is 2.96. The molecule has 114 valence electrons. The number of rotatable bonds is 4. The highest BCUT2D eigenvalue weighted by Gasteiger charge is 2.31. The van der Waals surface area contributed by atoms with Gasteiger partial charge in [0.15, 0.2) is 5.82 Å². The van der Waals surface area contributed by atoms with Crippen LogP contribution in [0, 0.1) is 5.92 Å². The van der Waals surface area contributed by atoms with E-state index >= 15 is 0 Å². The van der Waals surface area contributed by atoms with Gasteiger partial charge in [0.05, 0.1) is 5.56 Å². The maximum absolute atomic E-state index is 12.4. The Morgan fingerprint density at radius 1 is 1.36 bits per heavy atom. The molecule has 0 aromatic carbocycles. The molecule has 2 fully saturated rings. The van der Waals surface area contributed by atoms with Crippen molar-refractivity contribution in [3.63, 3.8) is 0 Å². The third-order valence-corrected chi connectivity index (χ3v) is 4.36. The smallest absolute Gasteiger partial charge is 0.255 e. The molecule has 22 heavy (non-hydrogen) atoms. The van der Waals surface area contributed by atoms with E-state index in [1.165, 1.54) is 12.8 Å². The SMILES string of the molecule is O=C(c1cccnc1)N1CC[C@H](Cc2noc(C3CC3)n2)C1. The largest absolute Gasteiger partial charge is 0.339 e. The van der Waals surface area contributed by atoms with Crippen molar-refractivity contribution in [3.05, 3.63) is 41.8 Å². The van der Waals surface area contributed by atoms with Crippen molar-refractivity contribution in [1.82, 2.24) is 20.0 Å². The molecule has 6 nitrogen and oxygen atoms in total. The van der Waals surface area contributed by atoms with E-state index in [-0.39, 0.29) is 5.91 Å². The standard InChI is InChI=1S/C16H18N4O2/c21-16(13-2-1-6-17-9-13)20-7-5-11(10-20)8-14-18-15(22-19-14)12-3-4-12/h1-2,6,9,11-12H,3-5,7-8,10H2/t11-/m1/s1. The fourth-order valence-electron chi connectivity index (χ4n) is 2.96. The highest BCUT2D eigenvalue weighted by Crippen LogP contribution is 2.39. The molecule has 4 rings (SSSR count). The number of carbonyl (C=O) groups excluding carboxylic acids is 1. The zero-order valence-corrected chi connectivity index (χ0v) is 12.3. The highest BCUT2D eigenvalue weighted by atomic mass is 16.5. The second-order valence-electron chi connectivity index (χ2n) is 6.17. The zero-order chi connectivity index (χ0) is 14.9. The Balaban J connectivity index is 1.36. The van der Waals surface area contributed by atoms with Crippen LogP contribution in [0.1, 0.15) is 47.3 Å². The summed E-state index contributed by atoms with van der Waals surface area (Å²) in [6, 6.07) is 3.60. The van der Waals surface area contributed by atoms with Crippen LogP contribution in [0.15, 0.2) is 29.0 Å². The average Bonchev–Trinajstić information content (AvgIpc) is 3.13. The Hall–Kier alpha value is -2.24. The molecule has 0 N–H and O–H groups in total. The van der Waals surface area contributed by atoms with Crippen molar-refractivity contribution < 1.29 is 9.32 Å². The first-order chi connectivity index (χ1) is 10.8. The van der Waals surface area contributed by atoms with Gasteiger partial charge < -0.3 is 9.42 Å². The Bertz CT molecular complexity index is 666. The number of pyridine rings is 1. The molecule has 1 saturated heterocycles. The van der Waals surface area contributed by atoms with Gasteiger partial charge in [0.25, 0.3) is 5.91 Å². The lowest BCUT2D eigenvalue weighted by molar-refractivity contribution is 0.0786. The number of amides is 1. The van der Waals surface area contributed by atoms with Crippen LogP contribution in [0.25, 0.3) is 0 Å². The molecular formula is C16H18N4O2. The minimum absolute atomic E-state index is 0.0578. The molecular weight excluding hydrogens is 280 g/mol. The van der Waals surface area contributed by atoms with Crippen LogP contribution < -0.4 is 0 Å². The Kier molecular flexibility index (Phi) is 3.36. The van der Waals surface area contributed by atoms with Crippen LogP contribution in [0.3, 0.4) is 0 Å². The lowest BCUT2D eigenvalue weighted by Gasteiger charge is -2.15. The lowest BCUT2D eigenvalue weighted by atomic mass is 10.1. The number of likely N-dealkylation sites (tertiary alicyclic amines) is 1. The summed E-state index contributed by atoms with van der Waals surface area (Å²) in [6.07, 6.45) is 7.40. The van der Waals surface area contributed by atoms with E-state index in [2.05, 4.69) is 15.1 Å². The third-order valence-electron chi connectivity index (χ3n) is 4.36. The third kappa shape index (κ3) is 2.73. The van der Waals surface area contributed by atoms with Gasteiger partial charge in [-0.15, -0.1) is 0 Å². The quantitative estimate of drug-likeness (QED) is 0.863. The topological polar surface area (TPSA) is 72.1 Å². The van der Waals surface area contributed by atoms with Gasteiger partial charge in [0.1, 0.15) is 0 Å². The molecule has 1 atom stereocenters. The summed E-state index contributed by atoms with van der Waals surface area (Å²) in [7, 11) is 0. The van der Waals surface area contributed by atoms with Crippen LogP contribution in [-0.2, 0) is 6.42 Å². The number of carbonyl (C=O) groups is 1. The van der Waals surface area contributed by atoms with Crippen LogP contribution in [0.4, 0.5) is 0 Å². The van der Waals surface area contributed by atoms with Crippen LogP contribution >= 0.6 is 0 Å². The van der Waals surface area contributed by atoms with Crippen LogP contribution in [-0.4, -0.2) is 39.0 Å². The lowest BCUT2D eigenvalue weighted by Crippen LogP contribution is -2.29. The molecule has 6 heteroatoms. The minimum Gasteiger partial charge on any atom is -0.339 e. The predicted octanol–water partition coefficient (Wildman–Crippen LogP) is 2.05. The van der Waals surface area contributed by atoms with Crippen molar-refractivity contribution >= 4 is 5.91 Å². The maximum atomic E-state index is 12.4. The fraction of sp³-hybridized carbons (Fsp3) is 0.500. The molecule has 1 saturated carbocycles. The number of nitrogens with zero attached hydrogens (tertiary/aromatic N) is 4. The zero-order valence-electron chi connectivity index (χ0n) is 12.3. The first-order valence-electron chi connectivity index (χ1n) is 7.81. The van der Waals surface area contributed by atoms with Crippen LogP contribution in [0.2, 0.25) is 0 Å². The Labute approximate surface area is 128 Å². The van der Waals surface area contributed by atoms with E-state index in [0.717, 1.165) is 37.6 Å². The predicted molar refractivity (Wildman–Crippen MR) is 78.2 cm³/mol. The van der Waals surface area contributed by atoms with Gasteiger partial charge in [-0.1, -0.05) is 5.16 Å². The maximum Gasteiger partial charge on any atom is 0.255 e. The van der Waals surface area contributed by atoms with Crippen molar-refractivity contribution in [2.45, 2.75) is 31.6 Å². The van der Waals surface area contributed by atoms with E-state index in [9.17, 15) is 4.79 Å². The molecule has 1 aliphatic heterocycles. The van der Waals surface area contributed by atoms with Gasteiger partial charge in [-0.05, 0) is 37.3 Å². The Morgan fingerprint density at radius 3 is 3.05 bits per heavy atom. The first kappa shape index (κ1) is 13.4. The molecule has 2 aromatic rings. The van der Waals surface area contributed by atoms with E-state index < -0.39 is 0 Å². The van der Waals surface area contributed by atoms with Crippen LogP contribution in [0.5, 0.6) is 0 Å². The average molecular weight is 298 g/mol. The summed E-state index contributed by atoms with van der Waals surface area (Å²) >= 11 is 0. The minimum atomic E-state index is 0.0578. The van der Waals surface area contributed by atoms with Gasteiger partial charge >= 0.3 is 0 Å². The van der Waals surface area contributed by atoms with Gasteiger partial charge in [-0.25, -0.2) is 0 Å². The molecule has 0 spiro atoms. The number of hydrogen-bond donors (Lipinski definition) is 0. The second-order valence-corrected chi connectivity index (χ2v) is 6.17. The summed E-state index contributed by atoms with van der Waals surface area (Å²) in [5.41, 5.74) is 0.652. The van der Waals surface area contributed by atoms with E-state index in [0.29, 0.717) is 17.4 Å².